The van der Waals surface area contributed by atoms with E-state index in [1.54, 1.807) is 30.7 Å². The summed E-state index contributed by atoms with van der Waals surface area (Å²) in [6.45, 7) is 4.22. The third kappa shape index (κ3) is 3.19. The lowest BCUT2D eigenvalue weighted by Crippen LogP contribution is -2.21. The van der Waals surface area contributed by atoms with E-state index in [1.807, 2.05) is 18.2 Å². The zero-order valence-corrected chi connectivity index (χ0v) is 16.4. The molecule has 0 radical (unpaired) electrons. The maximum atomic E-state index is 5.41. The molecule has 0 N–H and O–H groups in total. The summed E-state index contributed by atoms with van der Waals surface area (Å²) >= 11 is 1.65. The van der Waals surface area contributed by atoms with E-state index in [2.05, 4.69) is 48.3 Å². The van der Waals surface area contributed by atoms with Gasteiger partial charge in [0, 0.05) is 5.56 Å². The summed E-state index contributed by atoms with van der Waals surface area (Å²) < 4.78 is 12.5. The lowest BCUT2D eigenvalue weighted by atomic mass is 10.1. The average molecular weight is 380 g/mol. The molecule has 0 amide bonds. The SMILES string of the molecule is COc1ccc(-c2nnc3n2N=C(c2ccc(C)cc2)[C@H](C)S3)cc1OC. The predicted molar refractivity (Wildman–Crippen MR) is 107 cm³/mol. The van der Waals surface area contributed by atoms with Gasteiger partial charge in [-0.05, 0) is 37.6 Å². The second kappa shape index (κ2) is 7.08. The number of hydrogen-bond donors (Lipinski definition) is 0. The fourth-order valence-electron chi connectivity index (χ4n) is 3.00. The Hall–Kier alpha value is -2.80. The number of ether oxygens (including phenoxy) is 2. The fraction of sp³-hybridized carbons (Fsp3) is 0.250. The van der Waals surface area contributed by atoms with Gasteiger partial charge in [0.2, 0.25) is 5.16 Å². The number of benzene rings is 2. The van der Waals surface area contributed by atoms with Gasteiger partial charge in [-0.15, -0.1) is 10.2 Å². The first-order chi connectivity index (χ1) is 13.1. The molecule has 1 atom stereocenters. The van der Waals surface area contributed by atoms with E-state index >= 15 is 0 Å². The molecule has 4 rings (SSSR count). The van der Waals surface area contributed by atoms with Gasteiger partial charge in [0.15, 0.2) is 17.3 Å². The Morgan fingerprint density at radius 2 is 1.63 bits per heavy atom. The summed E-state index contributed by atoms with van der Waals surface area (Å²) in [7, 11) is 3.23. The summed E-state index contributed by atoms with van der Waals surface area (Å²) in [6.07, 6.45) is 0. The Morgan fingerprint density at radius 1 is 0.926 bits per heavy atom. The van der Waals surface area contributed by atoms with Crippen LogP contribution in [0.15, 0.2) is 52.7 Å². The first-order valence-electron chi connectivity index (χ1n) is 8.61. The number of fused-ring (bicyclic) bond motifs is 1. The van der Waals surface area contributed by atoms with Crippen molar-refractivity contribution < 1.29 is 9.47 Å². The van der Waals surface area contributed by atoms with Crippen LogP contribution in [0.25, 0.3) is 11.4 Å². The molecule has 2 aromatic carbocycles. The topological polar surface area (TPSA) is 61.5 Å². The van der Waals surface area contributed by atoms with E-state index < -0.39 is 0 Å². The van der Waals surface area contributed by atoms with Crippen LogP contribution in [-0.2, 0) is 0 Å². The zero-order valence-electron chi connectivity index (χ0n) is 15.6. The summed E-state index contributed by atoms with van der Waals surface area (Å²) in [5.41, 5.74) is 4.22. The van der Waals surface area contributed by atoms with E-state index in [0.29, 0.717) is 17.3 Å². The minimum Gasteiger partial charge on any atom is -0.493 e. The second-order valence-corrected chi connectivity index (χ2v) is 7.61. The van der Waals surface area contributed by atoms with Crippen LogP contribution in [0.5, 0.6) is 11.5 Å². The summed E-state index contributed by atoms with van der Waals surface area (Å²) in [4.78, 5) is 0. The molecule has 6 nitrogen and oxygen atoms in total. The van der Waals surface area contributed by atoms with Crippen molar-refractivity contribution in [2.24, 2.45) is 5.10 Å². The summed E-state index contributed by atoms with van der Waals surface area (Å²) in [5, 5.41) is 14.5. The third-order valence-electron chi connectivity index (χ3n) is 4.48. The molecule has 1 aliphatic rings. The van der Waals surface area contributed by atoms with Crippen LogP contribution >= 0.6 is 11.8 Å². The molecule has 0 spiro atoms. The molecule has 0 saturated heterocycles. The molecule has 0 fully saturated rings. The normalized spacial score (nSPS) is 15.9. The van der Waals surface area contributed by atoms with Crippen LogP contribution in [0.3, 0.4) is 0 Å². The molecular formula is C20H20N4O2S. The highest BCUT2D eigenvalue weighted by molar-refractivity contribution is 8.00. The Balaban J connectivity index is 1.80. The van der Waals surface area contributed by atoms with Crippen LogP contribution in [0.4, 0.5) is 0 Å². The Bertz CT molecular complexity index is 1010. The Kier molecular flexibility index (Phi) is 4.61. The lowest BCUT2D eigenvalue weighted by Gasteiger charge is -2.20. The van der Waals surface area contributed by atoms with E-state index in [4.69, 9.17) is 14.6 Å². The Morgan fingerprint density at radius 3 is 2.33 bits per heavy atom. The van der Waals surface area contributed by atoms with Crippen LogP contribution < -0.4 is 9.47 Å². The van der Waals surface area contributed by atoms with Crippen molar-refractivity contribution in [1.29, 1.82) is 0 Å². The maximum Gasteiger partial charge on any atom is 0.213 e. The minimum atomic E-state index is 0.197. The fourth-order valence-corrected chi connectivity index (χ4v) is 3.93. The maximum absolute atomic E-state index is 5.41. The van der Waals surface area contributed by atoms with Gasteiger partial charge in [-0.3, -0.25) is 0 Å². The highest BCUT2D eigenvalue weighted by Gasteiger charge is 2.26. The number of aromatic nitrogens is 3. The molecule has 3 aromatic rings. The molecule has 0 aliphatic carbocycles. The van der Waals surface area contributed by atoms with Gasteiger partial charge >= 0.3 is 0 Å². The summed E-state index contributed by atoms with van der Waals surface area (Å²) in [6, 6.07) is 14.1. The van der Waals surface area contributed by atoms with Gasteiger partial charge in [0.05, 0.1) is 25.2 Å². The first kappa shape index (κ1) is 17.6. The second-order valence-electron chi connectivity index (χ2n) is 6.30. The van der Waals surface area contributed by atoms with Crippen molar-refractivity contribution >= 4 is 17.5 Å². The van der Waals surface area contributed by atoms with E-state index in [0.717, 1.165) is 22.0 Å². The quantitative estimate of drug-likeness (QED) is 0.684. The monoisotopic (exact) mass is 380 g/mol. The van der Waals surface area contributed by atoms with Crippen molar-refractivity contribution in [1.82, 2.24) is 14.9 Å². The van der Waals surface area contributed by atoms with Crippen molar-refractivity contribution in [2.75, 3.05) is 14.2 Å². The number of thioether (sulfide) groups is 1. The molecule has 0 unspecified atom stereocenters. The molecule has 1 aromatic heterocycles. The van der Waals surface area contributed by atoms with Gasteiger partial charge in [-0.25, -0.2) is 0 Å². The highest BCUT2D eigenvalue weighted by Crippen LogP contribution is 2.35. The van der Waals surface area contributed by atoms with Crippen molar-refractivity contribution in [2.45, 2.75) is 24.3 Å². The number of rotatable bonds is 4. The van der Waals surface area contributed by atoms with Crippen LogP contribution in [0.2, 0.25) is 0 Å². The van der Waals surface area contributed by atoms with E-state index in [-0.39, 0.29) is 5.25 Å². The summed E-state index contributed by atoms with van der Waals surface area (Å²) in [5.74, 6) is 1.99. The molecular weight excluding hydrogens is 360 g/mol. The number of hydrogen-bond acceptors (Lipinski definition) is 6. The standard InChI is InChI=1S/C20H20N4O2S/c1-12-5-7-14(8-6-12)18-13(2)27-20-22-21-19(24(20)23-18)15-9-10-16(25-3)17(11-15)26-4/h5-11,13H,1-4H3/t13-/m0/s1. The van der Waals surface area contributed by atoms with Gasteiger partial charge in [-0.1, -0.05) is 41.6 Å². The molecule has 1 aliphatic heterocycles. The van der Waals surface area contributed by atoms with E-state index in [9.17, 15) is 0 Å². The van der Waals surface area contributed by atoms with Gasteiger partial charge in [0.25, 0.3) is 0 Å². The number of nitrogens with zero attached hydrogens (tertiary/aromatic N) is 4. The van der Waals surface area contributed by atoms with Crippen molar-refractivity contribution in [3.8, 4) is 22.9 Å². The highest BCUT2D eigenvalue weighted by atomic mass is 32.2. The smallest absolute Gasteiger partial charge is 0.213 e. The predicted octanol–water partition coefficient (Wildman–Crippen LogP) is 4.02. The Labute approximate surface area is 162 Å². The first-order valence-corrected chi connectivity index (χ1v) is 9.49. The van der Waals surface area contributed by atoms with Gasteiger partial charge < -0.3 is 9.47 Å². The average Bonchev–Trinajstić information content (AvgIpc) is 3.10. The largest absolute Gasteiger partial charge is 0.493 e. The molecule has 27 heavy (non-hydrogen) atoms. The third-order valence-corrected chi connectivity index (χ3v) is 5.52. The molecule has 0 saturated carbocycles. The van der Waals surface area contributed by atoms with Crippen LogP contribution in [0, 0.1) is 6.92 Å². The van der Waals surface area contributed by atoms with Crippen molar-refractivity contribution in [3.05, 3.63) is 53.6 Å². The van der Waals surface area contributed by atoms with E-state index in [1.165, 1.54) is 5.56 Å². The molecule has 0 bridgehead atoms. The minimum absolute atomic E-state index is 0.197. The number of aryl methyl sites for hydroxylation is 1. The van der Waals surface area contributed by atoms with Gasteiger partial charge in [-0.2, -0.15) is 9.78 Å². The zero-order chi connectivity index (χ0) is 19.0. The van der Waals surface area contributed by atoms with Crippen LogP contribution in [-0.4, -0.2) is 40.1 Å². The molecule has 138 valence electrons. The number of methoxy groups -OCH3 is 2. The lowest BCUT2D eigenvalue weighted by molar-refractivity contribution is 0.355. The van der Waals surface area contributed by atoms with Crippen molar-refractivity contribution in [3.63, 3.8) is 0 Å². The van der Waals surface area contributed by atoms with Gasteiger partial charge in [0.1, 0.15) is 0 Å². The van der Waals surface area contributed by atoms with Crippen LogP contribution in [0.1, 0.15) is 18.1 Å². The molecule has 2 heterocycles. The molecule has 7 heteroatoms.